The van der Waals surface area contributed by atoms with E-state index in [9.17, 15) is 14.5 Å². The number of non-ortho nitro benzene ring substituents is 1. The summed E-state index contributed by atoms with van der Waals surface area (Å²) in [6.45, 7) is 4.45. The van der Waals surface area contributed by atoms with Gasteiger partial charge in [-0.1, -0.05) is 30.0 Å². The van der Waals surface area contributed by atoms with Crippen molar-refractivity contribution < 1.29 is 14.1 Å². The Hall–Kier alpha value is -3.20. The highest BCUT2D eigenvalue weighted by atomic mass is 32.2. The van der Waals surface area contributed by atoms with E-state index < -0.39 is 4.92 Å². The Morgan fingerprint density at radius 2 is 1.89 bits per heavy atom. The minimum Gasteiger partial charge on any atom is -0.486 e. The van der Waals surface area contributed by atoms with E-state index in [4.69, 9.17) is 4.74 Å². The van der Waals surface area contributed by atoms with Crippen LogP contribution >= 0.6 is 11.8 Å². The largest absolute Gasteiger partial charge is 0.486 e. The normalized spacial score (nSPS) is 10.6. The lowest BCUT2D eigenvalue weighted by Gasteiger charge is -2.09. The van der Waals surface area contributed by atoms with E-state index in [1.54, 1.807) is 30.3 Å². The predicted octanol–water partition coefficient (Wildman–Crippen LogP) is 4.38. The van der Waals surface area contributed by atoms with E-state index in [-0.39, 0.29) is 18.1 Å². The number of hydrogen-bond donors (Lipinski definition) is 0. The smallest absolute Gasteiger partial charge is 0.269 e. The van der Waals surface area contributed by atoms with Crippen molar-refractivity contribution in [3.05, 3.63) is 88.5 Å². The first kappa shape index (κ1) is 19.6. The molecule has 144 valence electrons. The molecule has 1 aromatic heterocycles. The van der Waals surface area contributed by atoms with Crippen LogP contribution in [0.15, 0.2) is 66.3 Å². The number of thioether (sulfide) groups is 1. The third-order valence-electron chi connectivity index (χ3n) is 3.80. The van der Waals surface area contributed by atoms with Gasteiger partial charge in [0.05, 0.1) is 4.92 Å². The molecule has 3 rings (SSSR count). The average molecular weight is 400 g/mol. The third-order valence-corrected chi connectivity index (χ3v) is 4.84. The van der Waals surface area contributed by atoms with E-state index in [0.29, 0.717) is 29.0 Å². The standard InChI is InChI=1S/C19H17FN4O3S/c1-2-11-23-18(12-27-17-9-5-15(20)6-10-17)21-22-19(23)28-13-14-3-7-16(8-4-14)24(25)26/h2-10H,1,11-13H2. The fourth-order valence-electron chi connectivity index (χ4n) is 2.39. The van der Waals surface area contributed by atoms with E-state index in [1.807, 2.05) is 4.57 Å². The molecule has 7 nitrogen and oxygen atoms in total. The molecule has 3 aromatic rings. The molecule has 0 radical (unpaired) electrons. The van der Waals surface area contributed by atoms with Gasteiger partial charge in [0.2, 0.25) is 0 Å². The van der Waals surface area contributed by atoms with Crippen LogP contribution in [0.5, 0.6) is 5.75 Å². The Morgan fingerprint density at radius 3 is 2.54 bits per heavy atom. The van der Waals surface area contributed by atoms with E-state index in [0.717, 1.165) is 5.56 Å². The molecule has 0 unspecified atom stereocenters. The van der Waals surface area contributed by atoms with Crippen molar-refractivity contribution in [3.63, 3.8) is 0 Å². The van der Waals surface area contributed by atoms with E-state index in [2.05, 4.69) is 16.8 Å². The summed E-state index contributed by atoms with van der Waals surface area (Å²) in [5, 5.41) is 19.8. The summed E-state index contributed by atoms with van der Waals surface area (Å²) < 4.78 is 20.5. The molecule has 0 bridgehead atoms. The van der Waals surface area contributed by atoms with Crippen LogP contribution in [-0.4, -0.2) is 19.7 Å². The van der Waals surface area contributed by atoms with Crippen LogP contribution in [0, 0.1) is 15.9 Å². The van der Waals surface area contributed by atoms with Gasteiger partial charge in [-0.2, -0.15) is 0 Å². The van der Waals surface area contributed by atoms with Crippen LogP contribution in [0.2, 0.25) is 0 Å². The zero-order chi connectivity index (χ0) is 19.9. The molecule has 0 N–H and O–H groups in total. The van der Waals surface area contributed by atoms with Gasteiger partial charge >= 0.3 is 0 Å². The van der Waals surface area contributed by atoms with Gasteiger partial charge in [0.15, 0.2) is 11.0 Å². The zero-order valence-corrected chi connectivity index (χ0v) is 15.6. The van der Waals surface area contributed by atoms with Gasteiger partial charge in [0.25, 0.3) is 5.69 Å². The fraction of sp³-hybridized carbons (Fsp3) is 0.158. The Bertz CT molecular complexity index is 958. The lowest BCUT2D eigenvalue weighted by Crippen LogP contribution is -2.07. The van der Waals surface area contributed by atoms with E-state index in [1.165, 1.54) is 36.0 Å². The molecule has 1 heterocycles. The van der Waals surface area contributed by atoms with Crippen LogP contribution in [0.1, 0.15) is 11.4 Å². The number of rotatable bonds is 9. The predicted molar refractivity (Wildman–Crippen MR) is 104 cm³/mol. The maximum absolute atomic E-state index is 13.0. The van der Waals surface area contributed by atoms with Crippen LogP contribution in [0.4, 0.5) is 10.1 Å². The maximum Gasteiger partial charge on any atom is 0.269 e. The topological polar surface area (TPSA) is 83.1 Å². The Balaban J connectivity index is 1.66. The number of benzene rings is 2. The van der Waals surface area contributed by atoms with Crippen molar-refractivity contribution in [2.75, 3.05) is 0 Å². The molecule has 0 atom stereocenters. The molecule has 0 saturated heterocycles. The number of nitro benzene ring substituents is 1. The van der Waals surface area contributed by atoms with Crippen LogP contribution < -0.4 is 4.74 Å². The van der Waals surface area contributed by atoms with Gasteiger partial charge in [0.1, 0.15) is 18.2 Å². The number of ether oxygens (including phenoxy) is 1. The Labute approximate surface area is 165 Å². The van der Waals surface area contributed by atoms with Gasteiger partial charge in [-0.15, -0.1) is 16.8 Å². The summed E-state index contributed by atoms with van der Waals surface area (Å²) in [5.74, 6) is 1.42. The highest BCUT2D eigenvalue weighted by Crippen LogP contribution is 2.24. The number of allylic oxidation sites excluding steroid dienone is 1. The second-order valence-electron chi connectivity index (χ2n) is 5.75. The summed E-state index contributed by atoms with van der Waals surface area (Å²) in [6.07, 6.45) is 1.74. The fourth-order valence-corrected chi connectivity index (χ4v) is 3.31. The van der Waals surface area contributed by atoms with Crippen molar-refractivity contribution >= 4 is 17.4 Å². The molecule has 0 fully saturated rings. The lowest BCUT2D eigenvalue weighted by molar-refractivity contribution is -0.384. The first-order chi connectivity index (χ1) is 13.6. The van der Waals surface area contributed by atoms with Gasteiger partial charge < -0.3 is 4.74 Å². The molecule has 2 aromatic carbocycles. The first-order valence-electron chi connectivity index (χ1n) is 8.34. The molecule has 0 aliphatic heterocycles. The lowest BCUT2D eigenvalue weighted by atomic mass is 10.2. The number of halogens is 1. The summed E-state index contributed by atoms with van der Waals surface area (Å²) in [4.78, 5) is 10.3. The second kappa shape index (κ2) is 9.14. The van der Waals surface area contributed by atoms with Crippen molar-refractivity contribution in [2.24, 2.45) is 0 Å². The summed E-state index contributed by atoms with van der Waals surface area (Å²) in [5.41, 5.74) is 0.997. The van der Waals surface area contributed by atoms with Gasteiger partial charge in [0, 0.05) is 24.4 Å². The molecule has 0 amide bonds. The first-order valence-corrected chi connectivity index (χ1v) is 9.33. The number of hydrogen-bond acceptors (Lipinski definition) is 6. The van der Waals surface area contributed by atoms with E-state index >= 15 is 0 Å². The molecular formula is C19H17FN4O3S. The summed E-state index contributed by atoms with van der Waals surface area (Å²) >= 11 is 1.47. The average Bonchev–Trinajstić information content (AvgIpc) is 3.08. The highest BCUT2D eigenvalue weighted by molar-refractivity contribution is 7.98. The molecule has 0 aliphatic carbocycles. The minimum atomic E-state index is -0.426. The quantitative estimate of drug-likeness (QED) is 0.229. The molecule has 0 aliphatic rings. The van der Waals surface area contributed by atoms with Crippen LogP contribution in [-0.2, 0) is 18.9 Å². The zero-order valence-electron chi connectivity index (χ0n) is 14.8. The maximum atomic E-state index is 13.0. The molecular weight excluding hydrogens is 383 g/mol. The number of nitro groups is 1. The van der Waals surface area contributed by atoms with Gasteiger partial charge in [-0.3, -0.25) is 14.7 Å². The third kappa shape index (κ3) is 4.95. The van der Waals surface area contributed by atoms with Crippen LogP contribution in [0.25, 0.3) is 0 Å². The van der Waals surface area contributed by atoms with Crippen molar-refractivity contribution in [1.82, 2.24) is 14.8 Å². The summed E-state index contributed by atoms with van der Waals surface area (Å²) in [7, 11) is 0. The van der Waals surface area contributed by atoms with Gasteiger partial charge in [-0.25, -0.2) is 4.39 Å². The molecule has 0 saturated carbocycles. The monoisotopic (exact) mass is 400 g/mol. The Morgan fingerprint density at radius 1 is 1.18 bits per heavy atom. The van der Waals surface area contributed by atoms with Gasteiger partial charge in [-0.05, 0) is 29.8 Å². The van der Waals surface area contributed by atoms with Crippen LogP contribution in [0.3, 0.4) is 0 Å². The Kier molecular flexibility index (Phi) is 6.38. The molecule has 9 heteroatoms. The van der Waals surface area contributed by atoms with Crippen molar-refractivity contribution in [1.29, 1.82) is 0 Å². The SMILES string of the molecule is C=CCn1c(COc2ccc(F)cc2)nnc1SCc1ccc([N+](=O)[O-])cc1. The molecule has 28 heavy (non-hydrogen) atoms. The second-order valence-corrected chi connectivity index (χ2v) is 6.70. The van der Waals surface area contributed by atoms with Crippen molar-refractivity contribution in [3.8, 4) is 5.75 Å². The summed E-state index contributed by atoms with van der Waals surface area (Å²) in [6, 6.07) is 12.2. The molecule has 0 spiro atoms. The highest BCUT2D eigenvalue weighted by Gasteiger charge is 2.13. The minimum absolute atomic E-state index is 0.0591. The number of nitrogens with zero attached hydrogens (tertiary/aromatic N) is 4. The van der Waals surface area contributed by atoms with Crippen molar-refractivity contribution in [2.45, 2.75) is 24.1 Å². The number of aromatic nitrogens is 3.